The Morgan fingerprint density at radius 1 is 1.29 bits per heavy atom. The third kappa shape index (κ3) is 2.90. The summed E-state index contributed by atoms with van der Waals surface area (Å²) in [5.41, 5.74) is 6.63. The van der Waals surface area contributed by atoms with E-state index in [4.69, 9.17) is 10.5 Å². The number of rotatable bonds is 3. The SMILES string of the molecule is Cc1ccc(OCc2cnc(N)cn2)cc1F. The molecule has 0 spiro atoms. The number of hydrogen-bond donors (Lipinski definition) is 1. The van der Waals surface area contributed by atoms with Gasteiger partial charge in [0.1, 0.15) is 24.0 Å². The van der Waals surface area contributed by atoms with Crippen molar-refractivity contribution in [3.63, 3.8) is 0 Å². The molecule has 0 aliphatic carbocycles. The van der Waals surface area contributed by atoms with Crippen LogP contribution in [0.4, 0.5) is 10.2 Å². The lowest BCUT2D eigenvalue weighted by Crippen LogP contribution is -2.01. The molecule has 0 aliphatic heterocycles. The molecule has 0 fully saturated rings. The van der Waals surface area contributed by atoms with E-state index in [1.165, 1.54) is 18.5 Å². The lowest BCUT2D eigenvalue weighted by atomic mass is 10.2. The van der Waals surface area contributed by atoms with Crippen LogP contribution in [0.2, 0.25) is 0 Å². The van der Waals surface area contributed by atoms with Gasteiger partial charge in [0.2, 0.25) is 0 Å². The van der Waals surface area contributed by atoms with Crippen molar-refractivity contribution in [2.75, 3.05) is 5.73 Å². The van der Waals surface area contributed by atoms with Crippen LogP contribution in [-0.2, 0) is 6.61 Å². The zero-order valence-corrected chi connectivity index (χ0v) is 9.35. The molecule has 88 valence electrons. The molecular weight excluding hydrogens is 221 g/mol. The first-order valence-electron chi connectivity index (χ1n) is 5.10. The fraction of sp³-hybridized carbons (Fsp3) is 0.167. The summed E-state index contributed by atoms with van der Waals surface area (Å²) >= 11 is 0. The van der Waals surface area contributed by atoms with E-state index in [-0.39, 0.29) is 12.4 Å². The van der Waals surface area contributed by atoms with Gasteiger partial charge in [0, 0.05) is 6.07 Å². The summed E-state index contributed by atoms with van der Waals surface area (Å²) in [5, 5.41) is 0. The van der Waals surface area contributed by atoms with Gasteiger partial charge in [-0.05, 0) is 18.6 Å². The molecule has 1 aromatic heterocycles. The second-order valence-corrected chi connectivity index (χ2v) is 3.63. The highest BCUT2D eigenvalue weighted by Crippen LogP contribution is 2.16. The molecule has 2 N–H and O–H groups in total. The van der Waals surface area contributed by atoms with E-state index in [9.17, 15) is 4.39 Å². The van der Waals surface area contributed by atoms with Crippen molar-refractivity contribution < 1.29 is 9.13 Å². The number of benzene rings is 1. The molecule has 0 amide bonds. The highest BCUT2D eigenvalue weighted by Gasteiger charge is 2.01. The van der Waals surface area contributed by atoms with Gasteiger partial charge in [-0.15, -0.1) is 0 Å². The summed E-state index contributed by atoms with van der Waals surface area (Å²) in [6, 6.07) is 4.72. The summed E-state index contributed by atoms with van der Waals surface area (Å²) in [7, 11) is 0. The fourth-order valence-electron chi connectivity index (χ4n) is 1.26. The largest absolute Gasteiger partial charge is 0.487 e. The normalized spacial score (nSPS) is 10.2. The van der Waals surface area contributed by atoms with Crippen LogP contribution in [-0.4, -0.2) is 9.97 Å². The maximum Gasteiger partial charge on any atom is 0.141 e. The van der Waals surface area contributed by atoms with Gasteiger partial charge in [-0.2, -0.15) is 0 Å². The van der Waals surface area contributed by atoms with E-state index in [0.717, 1.165) is 0 Å². The predicted octanol–water partition coefficient (Wildman–Crippen LogP) is 2.09. The molecule has 0 unspecified atom stereocenters. The lowest BCUT2D eigenvalue weighted by Gasteiger charge is -2.06. The molecule has 0 bridgehead atoms. The van der Waals surface area contributed by atoms with Crippen molar-refractivity contribution in [1.29, 1.82) is 0 Å². The van der Waals surface area contributed by atoms with E-state index in [0.29, 0.717) is 22.8 Å². The number of hydrogen-bond acceptors (Lipinski definition) is 4. The van der Waals surface area contributed by atoms with Crippen LogP contribution in [0.25, 0.3) is 0 Å². The van der Waals surface area contributed by atoms with Crippen molar-refractivity contribution in [2.24, 2.45) is 0 Å². The first-order chi connectivity index (χ1) is 8.15. The van der Waals surface area contributed by atoms with Crippen LogP contribution in [0.5, 0.6) is 5.75 Å². The highest BCUT2D eigenvalue weighted by molar-refractivity contribution is 5.28. The van der Waals surface area contributed by atoms with Crippen molar-refractivity contribution >= 4 is 5.82 Å². The molecule has 2 aromatic rings. The van der Waals surface area contributed by atoms with Crippen LogP contribution >= 0.6 is 0 Å². The Bertz CT molecular complexity index is 514. The van der Waals surface area contributed by atoms with Crippen molar-refractivity contribution in [3.05, 3.63) is 47.7 Å². The topological polar surface area (TPSA) is 61.0 Å². The zero-order chi connectivity index (χ0) is 12.3. The van der Waals surface area contributed by atoms with Gasteiger partial charge in [-0.25, -0.2) is 9.37 Å². The molecule has 1 heterocycles. The van der Waals surface area contributed by atoms with Crippen LogP contribution in [0.1, 0.15) is 11.3 Å². The average Bonchev–Trinajstić information content (AvgIpc) is 2.33. The average molecular weight is 233 g/mol. The minimum atomic E-state index is -0.286. The van der Waals surface area contributed by atoms with Gasteiger partial charge in [0.25, 0.3) is 0 Å². The monoisotopic (exact) mass is 233 g/mol. The summed E-state index contributed by atoms with van der Waals surface area (Å²) in [6.07, 6.45) is 2.98. The molecule has 1 aromatic carbocycles. The van der Waals surface area contributed by atoms with Gasteiger partial charge in [-0.1, -0.05) is 6.07 Å². The van der Waals surface area contributed by atoms with E-state index < -0.39 is 0 Å². The first kappa shape index (κ1) is 11.3. The van der Waals surface area contributed by atoms with Crippen LogP contribution in [0, 0.1) is 12.7 Å². The Hall–Kier alpha value is -2.17. The number of ether oxygens (including phenoxy) is 1. The van der Waals surface area contributed by atoms with Gasteiger partial charge in [0.15, 0.2) is 0 Å². The van der Waals surface area contributed by atoms with Crippen molar-refractivity contribution in [3.8, 4) is 5.75 Å². The molecule has 0 aliphatic rings. The maximum absolute atomic E-state index is 13.2. The fourth-order valence-corrected chi connectivity index (χ4v) is 1.26. The third-order valence-corrected chi connectivity index (χ3v) is 2.26. The summed E-state index contributed by atoms with van der Waals surface area (Å²) < 4.78 is 18.6. The van der Waals surface area contributed by atoms with E-state index in [1.807, 2.05) is 0 Å². The van der Waals surface area contributed by atoms with Gasteiger partial charge in [0.05, 0.1) is 18.1 Å². The Morgan fingerprint density at radius 3 is 2.76 bits per heavy atom. The number of nitrogen functional groups attached to an aromatic ring is 1. The molecular formula is C12H12FN3O. The number of halogens is 1. The Balaban J connectivity index is 2.02. The van der Waals surface area contributed by atoms with Gasteiger partial charge in [-0.3, -0.25) is 4.98 Å². The number of aromatic nitrogens is 2. The van der Waals surface area contributed by atoms with Crippen LogP contribution in [0.3, 0.4) is 0 Å². The van der Waals surface area contributed by atoms with E-state index >= 15 is 0 Å². The predicted molar refractivity (Wildman–Crippen MR) is 61.9 cm³/mol. The van der Waals surface area contributed by atoms with Crippen molar-refractivity contribution in [2.45, 2.75) is 13.5 Å². The zero-order valence-electron chi connectivity index (χ0n) is 9.35. The standard InChI is InChI=1S/C12H12FN3O/c1-8-2-3-10(4-11(8)13)17-7-9-5-16-12(14)6-15-9/h2-6H,7H2,1H3,(H2,14,16). The molecule has 17 heavy (non-hydrogen) atoms. The van der Waals surface area contributed by atoms with Crippen molar-refractivity contribution in [1.82, 2.24) is 9.97 Å². The Morgan fingerprint density at radius 2 is 2.12 bits per heavy atom. The third-order valence-electron chi connectivity index (χ3n) is 2.26. The second-order valence-electron chi connectivity index (χ2n) is 3.63. The number of nitrogens with two attached hydrogens (primary N) is 1. The Kier molecular flexibility index (Phi) is 3.18. The lowest BCUT2D eigenvalue weighted by molar-refractivity contribution is 0.299. The van der Waals surface area contributed by atoms with Crippen LogP contribution < -0.4 is 10.5 Å². The second kappa shape index (κ2) is 4.78. The van der Waals surface area contributed by atoms with E-state index in [1.54, 1.807) is 19.1 Å². The van der Waals surface area contributed by atoms with E-state index in [2.05, 4.69) is 9.97 Å². The molecule has 4 nitrogen and oxygen atoms in total. The summed E-state index contributed by atoms with van der Waals surface area (Å²) in [4.78, 5) is 7.91. The van der Waals surface area contributed by atoms with Crippen LogP contribution in [0.15, 0.2) is 30.6 Å². The first-order valence-corrected chi connectivity index (χ1v) is 5.10. The minimum Gasteiger partial charge on any atom is -0.487 e. The molecule has 2 rings (SSSR count). The number of nitrogens with zero attached hydrogens (tertiary/aromatic N) is 2. The van der Waals surface area contributed by atoms with Gasteiger partial charge < -0.3 is 10.5 Å². The molecule has 0 atom stereocenters. The Labute approximate surface area is 98.3 Å². The minimum absolute atomic E-state index is 0.232. The molecule has 0 radical (unpaired) electrons. The number of aryl methyl sites for hydroxylation is 1. The molecule has 0 saturated carbocycles. The highest BCUT2D eigenvalue weighted by atomic mass is 19.1. The summed E-state index contributed by atoms with van der Waals surface area (Å²) in [5.74, 6) is 0.535. The summed E-state index contributed by atoms with van der Waals surface area (Å²) in [6.45, 7) is 1.93. The smallest absolute Gasteiger partial charge is 0.141 e. The quantitative estimate of drug-likeness (QED) is 0.881. The van der Waals surface area contributed by atoms with Gasteiger partial charge >= 0.3 is 0 Å². The molecule has 0 saturated heterocycles. The number of anilines is 1. The molecule has 5 heteroatoms. The maximum atomic E-state index is 13.2.